The fraction of sp³-hybridized carbons (Fsp3) is 0.368. The van der Waals surface area contributed by atoms with E-state index in [1.807, 2.05) is 0 Å². The largest absolute Gasteiger partial charge is 0.355 e. The third-order valence-electron chi connectivity index (χ3n) is 4.68. The minimum atomic E-state index is -3.93. The Kier molecular flexibility index (Phi) is 5.74. The smallest absolute Gasteiger partial charge is 0.242 e. The summed E-state index contributed by atoms with van der Waals surface area (Å²) in [5.41, 5.74) is 0.491. The van der Waals surface area contributed by atoms with Crippen LogP contribution in [0.25, 0.3) is 0 Å². The molecule has 0 radical (unpaired) electrons. The molecule has 2 aromatic rings. The van der Waals surface area contributed by atoms with Gasteiger partial charge in [0, 0.05) is 19.3 Å². The zero-order valence-electron chi connectivity index (χ0n) is 15.1. The Morgan fingerprint density at radius 1 is 1.15 bits per heavy atom. The van der Waals surface area contributed by atoms with Crippen molar-refractivity contribution in [2.45, 2.75) is 36.3 Å². The molecule has 1 unspecified atom stereocenters. The highest BCUT2D eigenvalue weighted by Gasteiger charge is 2.30. The van der Waals surface area contributed by atoms with E-state index in [1.54, 1.807) is 18.3 Å². The van der Waals surface area contributed by atoms with E-state index in [-0.39, 0.29) is 4.90 Å². The van der Waals surface area contributed by atoms with Gasteiger partial charge in [-0.3, -0.25) is 4.79 Å². The maximum atomic E-state index is 13.1. The molecule has 27 heavy (non-hydrogen) atoms. The first kappa shape index (κ1) is 19.3. The number of piperidine rings is 1. The summed E-state index contributed by atoms with van der Waals surface area (Å²) < 4.78 is 38.4. The molecule has 1 atom stereocenters. The molecule has 1 aliphatic rings. The summed E-state index contributed by atoms with van der Waals surface area (Å²) in [6, 6.07) is 7.86. The minimum Gasteiger partial charge on any atom is -0.355 e. The summed E-state index contributed by atoms with van der Waals surface area (Å²) in [6.07, 6.45) is 4.93. The second-order valence-electron chi connectivity index (χ2n) is 6.55. The average Bonchev–Trinajstić information content (AvgIpc) is 2.68. The normalized spacial score (nSPS) is 16.0. The number of aromatic nitrogens is 1. The standard InChI is InChI=1S/C19H22FN3O3S/c1-14(27(25,26)16-9-7-15(20)8-10-16)19(24)22-17-6-5-11-21-18(17)23-12-3-2-4-13-23/h5-11,14H,2-4,12-13H2,1H3,(H,22,24). The Bertz CT molecular complexity index is 910. The number of nitrogens with zero attached hydrogens (tertiary/aromatic N) is 2. The molecule has 3 rings (SSSR count). The molecule has 1 saturated heterocycles. The predicted octanol–water partition coefficient (Wildman–Crippen LogP) is 3.01. The fourth-order valence-electron chi connectivity index (χ4n) is 3.06. The maximum absolute atomic E-state index is 13.1. The van der Waals surface area contributed by atoms with Crippen LogP contribution in [0.1, 0.15) is 26.2 Å². The molecule has 1 aromatic heterocycles. The monoisotopic (exact) mass is 391 g/mol. The van der Waals surface area contributed by atoms with E-state index in [4.69, 9.17) is 0 Å². The van der Waals surface area contributed by atoms with Crippen LogP contribution in [0.4, 0.5) is 15.9 Å². The van der Waals surface area contributed by atoms with Crippen molar-refractivity contribution in [1.82, 2.24) is 4.98 Å². The topological polar surface area (TPSA) is 79.4 Å². The Morgan fingerprint density at radius 3 is 2.48 bits per heavy atom. The molecule has 144 valence electrons. The van der Waals surface area contributed by atoms with E-state index in [0.29, 0.717) is 11.5 Å². The van der Waals surface area contributed by atoms with E-state index in [1.165, 1.54) is 6.92 Å². The second kappa shape index (κ2) is 8.04. The number of benzene rings is 1. The summed E-state index contributed by atoms with van der Waals surface area (Å²) in [7, 11) is -3.93. The number of hydrogen-bond donors (Lipinski definition) is 1. The lowest BCUT2D eigenvalue weighted by atomic mass is 10.1. The number of carbonyl (C=O) groups is 1. The number of pyridine rings is 1. The SMILES string of the molecule is CC(C(=O)Nc1cccnc1N1CCCCC1)S(=O)(=O)c1ccc(F)cc1. The van der Waals surface area contributed by atoms with Crippen molar-refractivity contribution in [1.29, 1.82) is 0 Å². The average molecular weight is 391 g/mol. The third-order valence-corrected chi connectivity index (χ3v) is 6.75. The molecule has 8 heteroatoms. The van der Waals surface area contributed by atoms with Gasteiger partial charge in [0.15, 0.2) is 15.7 Å². The zero-order chi connectivity index (χ0) is 19.4. The first-order chi connectivity index (χ1) is 12.9. The summed E-state index contributed by atoms with van der Waals surface area (Å²) in [5, 5.41) is 1.38. The molecule has 1 aromatic carbocycles. The molecule has 1 aliphatic heterocycles. The molecule has 1 fully saturated rings. The van der Waals surface area contributed by atoms with E-state index in [9.17, 15) is 17.6 Å². The van der Waals surface area contributed by atoms with Crippen molar-refractivity contribution in [3.05, 3.63) is 48.4 Å². The molecule has 1 amide bonds. The summed E-state index contributed by atoms with van der Waals surface area (Å²) >= 11 is 0. The van der Waals surface area contributed by atoms with Crippen molar-refractivity contribution in [3.63, 3.8) is 0 Å². The van der Waals surface area contributed by atoms with Crippen LogP contribution in [0, 0.1) is 5.82 Å². The van der Waals surface area contributed by atoms with Gasteiger partial charge < -0.3 is 10.2 Å². The van der Waals surface area contributed by atoms with Crippen LogP contribution in [0.15, 0.2) is 47.5 Å². The molecule has 0 spiro atoms. The number of amides is 1. The number of nitrogens with one attached hydrogen (secondary N) is 1. The van der Waals surface area contributed by atoms with Crippen LogP contribution >= 0.6 is 0 Å². The highest BCUT2D eigenvalue weighted by Crippen LogP contribution is 2.26. The molecular weight excluding hydrogens is 369 g/mol. The molecule has 0 aliphatic carbocycles. The van der Waals surface area contributed by atoms with Gasteiger partial charge in [-0.25, -0.2) is 17.8 Å². The van der Waals surface area contributed by atoms with Crippen LogP contribution < -0.4 is 10.2 Å². The van der Waals surface area contributed by atoms with Crippen molar-refractivity contribution >= 4 is 27.2 Å². The highest BCUT2D eigenvalue weighted by atomic mass is 32.2. The highest BCUT2D eigenvalue weighted by molar-refractivity contribution is 7.92. The van der Waals surface area contributed by atoms with Gasteiger partial charge in [0.25, 0.3) is 0 Å². The molecule has 0 saturated carbocycles. The Morgan fingerprint density at radius 2 is 1.81 bits per heavy atom. The Hall–Kier alpha value is -2.48. The van der Waals surface area contributed by atoms with Gasteiger partial charge in [0.2, 0.25) is 5.91 Å². The lowest BCUT2D eigenvalue weighted by Gasteiger charge is -2.29. The molecular formula is C19H22FN3O3S. The van der Waals surface area contributed by atoms with E-state index < -0.39 is 26.8 Å². The lowest BCUT2D eigenvalue weighted by molar-refractivity contribution is -0.115. The molecule has 6 nitrogen and oxygen atoms in total. The number of halogens is 1. The molecule has 1 N–H and O–H groups in total. The number of carbonyl (C=O) groups excluding carboxylic acids is 1. The third kappa shape index (κ3) is 4.27. The van der Waals surface area contributed by atoms with E-state index in [2.05, 4.69) is 15.2 Å². The Labute approximate surface area is 158 Å². The summed E-state index contributed by atoms with van der Waals surface area (Å²) in [5.74, 6) is -0.532. The Balaban J connectivity index is 1.80. The van der Waals surface area contributed by atoms with Gasteiger partial charge in [-0.1, -0.05) is 0 Å². The molecule has 2 heterocycles. The zero-order valence-corrected chi connectivity index (χ0v) is 15.9. The molecule has 0 bridgehead atoms. The van der Waals surface area contributed by atoms with Gasteiger partial charge in [-0.15, -0.1) is 0 Å². The van der Waals surface area contributed by atoms with Crippen LogP contribution in [0.5, 0.6) is 0 Å². The van der Waals surface area contributed by atoms with Gasteiger partial charge in [0.1, 0.15) is 11.1 Å². The van der Waals surface area contributed by atoms with Gasteiger partial charge in [0.05, 0.1) is 10.6 Å². The lowest BCUT2D eigenvalue weighted by Crippen LogP contribution is -2.35. The van der Waals surface area contributed by atoms with Crippen molar-refractivity contribution in [2.24, 2.45) is 0 Å². The second-order valence-corrected chi connectivity index (χ2v) is 8.82. The first-order valence-electron chi connectivity index (χ1n) is 8.90. The van der Waals surface area contributed by atoms with Crippen LogP contribution in [-0.4, -0.2) is 37.6 Å². The summed E-state index contributed by atoms with van der Waals surface area (Å²) in [4.78, 5) is 19.0. The van der Waals surface area contributed by atoms with Crippen molar-refractivity contribution in [3.8, 4) is 0 Å². The maximum Gasteiger partial charge on any atom is 0.242 e. The van der Waals surface area contributed by atoms with E-state index >= 15 is 0 Å². The fourth-order valence-corrected chi connectivity index (χ4v) is 4.32. The van der Waals surface area contributed by atoms with Crippen LogP contribution in [0.2, 0.25) is 0 Å². The minimum absolute atomic E-state index is 0.0889. The van der Waals surface area contributed by atoms with Gasteiger partial charge in [-0.05, 0) is 62.6 Å². The quantitative estimate of drug-likeness (QED) is 0.793. The van der Waals surface area contributed by atoms with E-state index in [0.717, 1.165) is 56.6 Å². The first-order valence-corrected chi connectivity index (χ1v) is 10.4. The van der Waals surface area contributed by atoms with Crippen LogP contribution in [-0.2, 0) is 14.6 Å². The van der Waals surface area contributed by atoms with Crippen molar-refractivity contribution in [2.75, 3.05) is 23.3 Å². The predicted molar refractivity (Wildman–Crippen MR) is 102 cm³/mol. The van der Waals surface area contributed by atoms with Crippen LogP contribution in [0.3, 0.4) is 0 Å². The van der Waals surface area contributed by atoms with Gasteiger partial charge in [-0.2, -0.15) is 0 Å². The number of rotatable bonds is 5. The van der Waals surface area contributed by atoms with Crippen molar-refractivity contribution < 1.29 is 17.6 Å². The summed E-state index contributed by atoms with van der Waals surface area (Å²) in [6.45, 7) is 3.03. The van der Waals surface area contributed by atoms with Gasteiger partial charge >= 0.3 is 0 Å². The number of sulfone groups is 1. The number of anilines is 2. The number of hydrogen-bond acceptors (Lipinski definition) is 5.